The second-order valence-electron chi connectivity index (χ2n) is 5.42. The van der Waals surface area contributed by atoms with Gasteiger partial charge in [-0.25, -0.2) is 4.98 Å². The molecular weight excluding hydrogens is 210 g/mol. The minimum Gasteiger partial charge on any atom is -0.384 e. The SMILES string of the molecule is CC1CCC(N(C)Cc2ccnc(N)c2)CC1. The van der Waals surface area contributed by atoms with Gasteiger partial charge < -0.3 is 5.73 Å². The predicted molar refractivity (Wildman–Crippen MR) is 71.5 cm³/mol. The Kier molecular flexibility index (Phi) is 4.00. The van der Waals surface area contributed by atoms with Crippen molar-refractivity contribution in [2.45, 2.75) is 45.2 Å². The molecule has 1 aromatic heterocycles. The summed E-state index contributed by atoms with van der Waals surface area (Å²) in [6.07, 6.45) is 7.19. The molecule has 0 amide bonds. The summed E-state index contributed by atoms with van der Waals surface area (Å²) in [6.45, 7) is 3.34. The highest BCUT2D eigenvalue weighted by Gasteiger charge is 2.21. The van der Waals surface area contributed by atoms with E-state index >= 15 is 0 Å². The molecule has 1 heterocycles. The van der Waals surface area contributed by atoms with Crippen molar-refractivity contribution >= 4 is 5.82 Å². The summed E-state index contributed by atoms with van der Waals surface area (Å²) in [4.78, 5) is 6.49. The van der Waals surface area contributed by atoms with Crippen LogP contribution in [0.15, 0.2) is 18.3 Å². The lowest BCUT2D eigenvalue weighted by molar-refractivity contribution is 0.164. The molecule has 0 spiro atoms. The Balaban J connectivity index is 1.90. The van der Waals surface area contributed by atoms with Crippen molar-refractivity contribution < 1.29 is 0 Å². The van der Waals surface area contributed by atoms with Gasteiger partial charge in [-0.05, 0) is 56.3 Å². The molecule has 1 saturated carbocycles. The van der Waals surface area contributed by atoms with Gasteiger partial charge in [0.25, 0.3) is 0 Å². The Bertz CT molecular complexity index is 356. The van der Waals surface area contributed by atoms with Crippen molar-refractivity contribution in [3.05, 3.63) is 23.9 Å². The first-order valence-electron chi connectivity index (χ1n) is 6.56. The molecule has 94 valence electrons. The zero-order chi connectivity index (χ0) is 12.3. The highest BCUT2D eigenvalue weighted by atomic mass is 15.1. The van der Waals surface area contributed by atoms with Crippen molar-refractivity contribution in [2.24, 2.45) is 5.92 Å². The van der Waals surface area contributed by atoms with E-state index in [2.05, 4.69) is 29.9 Å². The van der Waals surface area contributed by atoms with Crippen molar-refractivity contribution in [1.29, 1.82) is 0 Å². The molecule has 0 aliphatic heterocycles. The zero-order valence-corrected chi connectivity index (χ0v) is 10.9. The van der Waals surface area contributed by atoms with Crippen LogP contribution < -0.4 is 5.73 Å². The highest BCUT2D eigenvalue weighted by molar-refractivity contribution is 5.31. The van der Waals surface area contributed by atoms with Crippen LogP contribution in [0.5, 0.6) is 0 Å². The maximum Gasteiger partial charge on any atom is 0.123 e. The quantitative estimate of drug-likeness (QED) is 0.872. The highest BCUT2D eigenvalue weighted by Crippen LogP contribution is 2.27. The number of nitrogens with two attached hydrogens (primary N) is 1. The second-order valence-corrected chi connectivity index (χ2v) is 5.42. The van der Waals surface area contributed by atoms with Crippen LogP contribution in [0.4, 0.5) is 5.82 Å². The van der Waals surface area contributed by atoms with Gasteiger partial charge in [0.1, 0.15) is 5.82 Å². The molecule has 3 nitrogen and oxygen atoms in total. The standard InChI is InChI=1S/C14H23N3/c1-11-3-5-13(6-4-11)17(2)10-12-7-8-16-14(15)9-12/h7-9,11,13H,3-6,10H2,1-2H3,(H2,15,16). The fourth-order valence-electron chi connectivity index (χ4n) is 2.69. The number of rotatable bonds is 3. The fraction of sp³-hybridized carbons (Fsp3) is 0.643. The fourth-order valence-corrected chi connectivity index (χ4v) is 2.69. The van der Waals surface area contributed by atoms with Crippen molar-refractivity contribution in [2.75, 3.05) is 12.8 Å². The van der Waals surface area contributed by atoms with E-state index in [1.54, 1.807) is 6.20 Å². The third kappa shape index (κ3) is 3.43. The molecule has 1 aliphatic carbocycles. The first kappa shape index (κ1) is 12.4. The number of nitrogens with zero attached hydrogens (tertiary/aromatic N) is 2. The minimum absolute atomic E-state index is 0.619. The van der Waals surface area contributed by atoms with Crippen LogP contribution in [0.3, 0.4) is 0 Å². The summed E-state index contributed by atoms with van der Waals surface area (Å²) in [5.41, 5.74) is 6.96. The van der Waals surface area contributed by atoms with Crippen LogP contribution in [0.1, 0.15) is 38.2 Å². The normalized spacial score (nSPS) is 25.1. The molecule has 3 heteroatoms. The van der Waals surface area contributed by atoms with E-state index in [0.29, 0.717) is 5.82 Å². The average Bonchev–Trinajstić information content (AvgIpc) is 2.29. The van der Waals surface area contributed by atoms with Gasteiger partial charge >= 0.3 is 0 Å². The van der Waals surface area contributed by atoms with Gasteiger partial charge in [-0.3, -0.25) is 4.90 Å². The van der Waals surface area contributed by atoms with E-state index in [-0.39, 0.29) is 0 Å². The maximum absolute atomic E-state index is 5.70. The van der Waals surface area contributed by atoms with Crippen LogP contribution >= 0.6 is 0 Å². The average molecular weight is 233 g/mol. The van der Waals surface area contributed by atoms with Crippen LogP contribution in [0.25, 0.3) is 0 Å². The smallest absolute Gasteiger partial charge is 0.123 e. The summed E-state index contributed by atoms with van der Waals surface area (Å²) in [6, 6.07) is 4.76. The lowest BCUT2D eigenvalue weighted by Crippen LogP contribution is -2.34. The Labute approximate surface area is 104 Å². The van der Waals surface area contributed by atoms with E-state index in [4.69, 9.17) is 5.73 Å². The molecule has 0 bridgehead atoms. The van der Waals surface area contributed by atoms with E-state index in [0.717, 1.165) is 18.5 Å². The van der Waals surface area contributed by atoms with Crippen LogP contribution in [0.2, 0.25) is 0 Å². The largest absolute Gasteiger partial charge is 0.384 e. The van der Waals surface area contributed by atoms with Crippen molar-refractivity contribution in [1.82, 2.24) is 9.88 Å². The van der Waals surface area contributed by atoms with E-state index < -0.39 is 0 Å². The summed E-state index contributed by atoms with van der Waals surface area (Å²) in [7, 11) is 2.22. The van der Waals surface area contributed by atoms with Gasteiger partial charge in [0.05, 0.1) is 0 Å². The molecule has 2 N–H and O–H groups in total. The number of aromatic nitrogens is 1. The zero-order valence-electron chi connectivity index (χ0n) is 10.9. The molecule has 2 rings (SSSR count). The topological polar surface area (TPSA) is 42.2 Å². The van der Waals surface area contributed by atoms with Crippen LogP contribution in [0, 0.1) is 5.92 Å². The first-order valence-corrected chi connectivity index (χ1v) is 6.56. The third-order valence-electron chi connectivity index (χ3n) is 3.89. The molecule has 1 aliphatic rings. The molecule has 0 unspecified atom stereocenters. The number of hydrogen-bond acceptors (Lipinski definition) is 3. The van der Waals surface area contributed by atoms with Gasteiger partial charge in [0.15, 0.2) is 0 Å². The van der Waals surface area contributed by atoms with Crippen LogP contribution in [-0.2, 0) is 6.54 Å². The van der Waals surface area contributed by atoms with Crippen molar-refractivity contribution in [3.8, 4) is 0 Å². The summed E-state index contributed by atoms with van der Waals surface area (Å²) in [5, 5.41) is 0. The van der Waals surface area contributed by atoms with E-state index in [1.807, 2.05) is 6.07 Å². The molecular formula is C14H23N3. The van der Waals surface area contributed by atoms with Gasteiger partial charge in [-0.15, -0.1) is 0 Å². The van der Waals surface area contributed by atoms with Gasteiger partial charge in [-0.2, -0.15) is 0 Å². The Morgan fingerprint density at radius 1 is 1.35 bits per heavy atom. The number of hydrogen-bond donors (Lipinski definition) is 1. The predicted octanol–water partition coefficient (Wildman–Crippen LogP) is 2.67. The number of anilines is 1. The van der Waals surface area contributed by atoms with Crippen molar-refractivity contribution in [3.63, 3.8) is 0 Å². The lowest BCUT2D eigenvalue weighted by Gasteiger charge is -2.33. The Morgan fingerprint density at radius 3 is 2.71 bits per heavy atom. The Morgan fingerprint density at radius 2 is 2.06 bits per heavy atom. The van der Waals surface area contributed by atoms with Gasteiger partial charge in [0, 0.05) is 18.8 Å². The van der Waals surface area contributed by atoms with Crippen LogP contribution in [-0.4, -0.2) is 23.0 Å². The molecule has 0 atom stereocenters. The number of pyridine rings is 1. The lowest BCUT2D eigenvalue weighted by atomic mass is 9.86. The molecule has 0 saturated heterocycles. The second kappa shape index (κ2) is 5.50. The van der Waals surface area contributed by atoms with Gasteiger partial charge in [-0.1, -0.05) is 6.92 Å². The summed E-state index contributed by atoms with van der Waals surface area (Å²) >= 11 is 0. The Hall–Kier alpha value is -1.09. The molecule has 0 aromatic carbocycles. The minimum atomic E-state index is 0.619. The first-order chi connectivity index (χ1) is 8.15. The molecule has 1 aromatic rings. The number of nitrogen functional groups attached to an aromatic ring is 1. The van der Waals surface area contributed by atoms with Gasteiger partial charge in [0.2, 0.25) is 0 Å². The third-order valence-corrected chi connectivity index (χ3v) is 3.89. The monoisotopic (exact) mass is 233 g/mol. The van der Waals surface area contributed by atoms with E-state index in [1.165, 1.54) is 31.2 Å². The maximum atomic E-state index is 5.70. The molecule has 17 heavy (non-hydrogen) atoms. The summed E-state index contributed by atoms with van der Waals surface area (Å²) in [5.74, 6) is 1.53. The summed E-state index contributed by atoms with van der Waals surface area (Å²) < 4.78 is 0. The molecule has 0 radical (unpaired) electrons. The molecule has 1 fully saturated rings. The van der Waals surface area contributed by atoms with E-state index in [9.17, 15) is 0 Å².